The molecule has 2 atom stereocenters. The second kappa shape index (κ2) is 5.60. The number of likely N-dealkylation sites (tertiary alicyclic amines) is 1. The summed E-state index contributed by atoms with van der Waals surface area (Å²) in [7, 11) is 0. The number of aromatic nitrogens is 2. The Labute approximate surface area is 164 Å². The van der Waals surface area contributed by atoms with Crippen molar-refractivity contribution in [1.82, 2.24) is 15.1 Å². The molecule has 0 saturated carbocycles. The number of rotatable bonds is 1. The molecule has 1 saturated heterocycles. The fourth-order valence-corrected chi connectivity index (χ4v) is 5.43. The summed E-state index contributed by atoms with van der Waals surface area (Å²) in [6, 6.07) is 13.6. The molecule has 2 heterocycles. The molecule has 2 N–H and O–H groups in total. The van der Waals surface area contributed by atoms with Crippen LogP contribution in [0.3, 0.4) is 0 Å². The number of para-hydroxylation sites is 1. The van der Waals surface area contributed by atoms with Crippen molar-refractivity contribution in [3.63, 3.8) is 0 Å². The second-order valence-electron chi connectivity index (χ2n) is 8.94. The van der Waals surface area contributed by atoms with Crippen molar-refractivity contribution in [3.8, 4) is 5.75 Å². The number of phenols is 1. The normalized spacial score (nSPS) is 25.5. The molecule has 2 aromatic carbocycles. The van der Waals surface area contributed by atoms with Crippen LogP contribution in [0.4, 0.5) is 0 Å². The SMILES string of the molecule is CC1(C)[C@@H]2Cc3c(O)cccc3[C@]1(C)CCN2C(=O)c1n[nH]c2ccccc12. The smallest absolute Gasteiger partial charge is 0.275 e. The summed E-state index contributed by atoms with van der Waals surface area (Å²) in [5.74, 6) is 0.306. The Bertz CT molecular complexity index is 1100. The number of phenolic OH excluding ortho intramolecular Hbond substituents is 1. The number of nitrogens with zero attached hydrogens (tertiary/aromatic N) is 2. The van der Waals surface area contributed by atoms with E-state index in [4.69, 9.17) is 0 Å². The minimum Gasteiger partial charge on any atom is -0.508 e. The van der Waals surface area contributed by atoms with E-state index in [1.54, 1.807) is 6.07 Å². The Morgan fingerprint density at radius 1 is 1.18 bits per heavy atom. The Morgan fingerprint density at radius 2 is 1.96 bits per heavy atom. The van der Waals surface area contributed by atoms with E-state index in [2.05, 4.69) is 37.0 Å². The van der Waals surface area contributed by atoms with Gasteiger partial charge in [-0.2, -0.15) is 5.10 Å². The minimum absolute atomic E-state index is 0.00927. The van der Waals surface area contributed by atoms with Gasteiger partial charge in [-0.3, -0.25) is 9.89 Å². The van der Waals surface area contributed by atoms with Gasteiger partial charge in [-0.05, 0) is 41.5 Å². The average Bonchev–Trinajstić information content (AvgIpc) is 3.09. The zero-order chi connectivity index (χ0) is 19.7. The maximum absolute atomic E-state index is 13.5. The van der Waals surface area contributed by atoms with Crippen LogP contribution in [0.25, 0.3) is 10.9 Å². The van der Waals surface area contributed by atoms with Gasteiger partial charge in [0.05, 0.1) is 5.52 Å². The average molecular weight is 375 g/mol. The zero-order valence-corrected chi connectivity index (χ0v) is 16.5. The van der Waals surface area contributed by atoms with Crippen molar-refractivity contribution < 1.29 is 9.90 Å². The molecule has 0 spiro atoms. The van der Waals surface area contributed by atoms with Gasteiger partial charge in [0.15, 0.2) is 5.69 Å². The molecule has 5 heteroatoms. The first-order chi connectivity index (χ1) is 13.3. The Kier molecular flexibility index (Phi) is 3.46. The molecule has 28 heavy (non-hydrogen) atoms. The summed E-state index contributed by atoms with van der Waals surface area (Å²) < 4.78 is 0. The largest absolute Gasteiger partial charge is 0.508 e. The number of nitrogens with one attached hydrogen (secondary N) is 1. The predicted octanol–water partition coefficient (Wildman–Crippen LogP) is 4.02. The van der Waals surface area contributed by atoms with Gasteiger partial charge in [0, 0.05) is 23.4 Å². The van der Waals surface area contributed by atoms with Crippen LogP contribution < -0.4 is 0 Å². The van der Waals surface area contributed by atoms with E-state index in [-0.39, 0.29) is 22.8 Å². The highest BCUT2D eigenvalue weighted by molar-refractivity contribution is 6.04. The first-order valence-corrected chi connectivity index (χ1v) is 9.90. The van der Waals surface area contributed by atoms with E-state index in [1.807, 2.05) is 35.2 Å². The van der Waals surface area contributed by atoms with Crippen molar-refractivity contribution in [3.05, 3.63) is 59.3 Å². The van der Waals surface area contributed by atoms with E-state index in [1.165, 1.54) is 5.56 Å². The molecule has 2 aliphatic rings. The molecule has 3 aromatic rings. The summed E-state index contributed by atoms with van der Waals surface area (Å²) in [6.07, 6.45) is 1.53. The molecule has 144 valence electrons. The van der Waals surface area contributed by atoms with E-state index in [0.717, 1.165) is 22.9 Å². The van der Waals surface area contributed by atoms with Gasteiger partial charge in [0.25, 0.3) is 5.91 Å². The number of hydrogen-bond donors (Lipinski definition) is 2. The molecule has 0 unspecified atom stereocenters. The highest BCUT2D eigenvalue weighted by Crippen LogP contribution is 2.57. The lowest BCUT2D eigenvalue weighted by atomic mass is 9.51. The molecule has 1 aromatic heterocycles. The van der Waals surface area contributed by atoms with Gasteiger partial charge in [0.1, 0.15) is 5.75 Å². The molecule has 5 rings (SSSR count). The van der Waals surface area contributed by atoms with Crippen LogP contribution in [0.5, 0.6) is 5.75 Å². The second-order valence-corrected chi connectivity index (χ2v) is 8.94. The third kappa shape index (κ3) is 2.07. The van der Waals surface area contributed by atoms with Crippen LogP contribution in [0.1, 0.15) is 48.8 Å². The zero-order valence-electron chi connectivity index (χ0n) is 16.5. The molecule has 1 aliphatic carbocycles. The fourth-order valence-electron chi connectivity index (χ4n) is 5.43. The number of fused-ring (bicyclic) bond motifs is 5. The lowest BCUT2D eigenvalue weighted by molar-refractivity contribution is -0.0268. The number of amides is 1. The molecule has 2 bridgehead atoms. The molecule has 0 radical (unpaired) electrons. The molecular weight excluding hydrogens is 350 g/mol. The van der Waals surface area contributed by atoms with E-state index in [0.29, 0.717) is 24.4 Å². The molecule has 1 fully saturated rings. The summed E-state index contributed by atoms with van der Waals surface area (Å²) in [6.45, 7) is 7.49. The Hall–Kier alpha value is -2.82. The van der Waals surface area contributed by atoms with Gasteiger partial charge in [-0.15, -0.1) is 0 Å². The summed E-state index contributed by atoms with van der Waals surface area (Å²) in [5.41, 5.74) is 3.36. The van der Waals surface area contributed by atoms with Crippen LogP contribution >= 0.6 is 0 Å². The maximum Gasteiger partial charge on any atom is 0.275 e. The van der Waals surface area contributed by atoms with Crippen LogP contribution in [-0.2, 0) is 11.8 Å². The van der Waals surface area contributed by atoms with Crippen molar-refractivity contribution in [2.75, 3.05) is 6.54 Å². The predicted molar refractivity (Wildman–Crippen MR) is 108 cm³/mol. The van der Waals surface area contributed by atoms with Crippen molar-refractivity contribution >= 4 is 16.8 Å². The monoisotopic (exact) mass is 375 g/mol. The lowest BCUT2D eigenvalue weighted by Crippen LogP contribution is -2.64. The van der Waals surface area contributed by atoms with Gasteiger partial charge >= 0.3 is 0 Å². The van der Waals surface area contributed by atoms with Crippen LogP contribution in [0.15, 0.2) is 42.5 Å². The van der Waals surface area contributed by atoms with Gasteiger partial charge in [-0.1, -0.05) is 51.1 Å². The molecular formula is C23H25N3O2. The minimum atomic E-state index is -0.117. The van der Waals surface area contributed by atoms with Gasteiger partial charge < -0.3 is 10.0 Å². The number of aromatic amines is 1. The first kappa shape index (κ1) is 17.3. The number of carbonyl (C=O) groups is 1. The summed E-state index contributed by atoms with van der Waals surface area (Å²) in [4.78, 5) is 15.5. The number of hydrogen-bond acceptors (Lipinski definition) is 3. The molecule has 1 amide bonds. The number of aromatic hydroxyl groups is 1. The van der Waals surface area contributed by atoms with E-state index in [9.17, 15) is 9.90 Å². The molecule has 1 aliphatic heterocycles. The van der Waals surface area contributed by atoms with E-state index < -0.39 is 0 Å². The Balaban J connectivity index is 1.61. The third-order valence-electron chi connectivity index (χ3n) is 7.56. The first-order valence-electron chi connectivity index (χ1n) is 9.90. The highest BCUT2D eigenvalue weighted by atomic mass is 16.3. The quantitative estimate of drug-likeness (QED) is 0.675. The topological polar surface area (TPSA) is 69.2 Å². The third-order valence-corrected chi connectivity index (χ3v) is 7.56. The van der Waals surface area contributed by atoms with Gasteiger partial charge in [-0.25, -0.2) is 0 Å². The van der Waals surface area contributed by atoms with E-state index >= 15 is 0 Å². The lowest BCUT2D eigenvalue weighted by Gasteiger charge is -2.60. The summed E-state index contributed by atoms with van der Waals surface area (Å²) in [5, 5.41) is 18.7. The fraction of sp³-hybridized carbons (Fsp3) is 0.391. The van der Waals surface area contributed by atoms with Crippen molar-refractivity contribution in [2.45, 2.75) is 45.1 Å². The standard InChI is InChI=1S/C23H25N3O2/c1-22(2)19-13-15-16(8-6-10-18(15)27)23(22,3)11-12-26(19)21(28)20-14-7-4-5-9-17(14)24-25-20/h4-10,19,27H,11-13H2,1-3H3,(H,24,25)/t19-,23-/m0/s1. The van der Waals surface area contributed by atoms with Crippen LogP contribution in [0.2, 0.25) is 0 Å². The maximum atomic E-state index is 13.5. The molecule has 5 nitrogen and oxygen atoms in total. The number of H-pyrrole nitrogens is 1. The number of carbonyl (C=O) groups excluding carboxylic acids is 1. The summed E-state index contributed by atoms with van der Waals surface area (Å²) >= 11 is 0. The van der Waals surface area contributed by atoms with Crippen molar-refractivity contribution in [2.24, 2.45) is 5.41 Å². The van der Waals surface area contributed by atoms with Crippen LogP contribution in [0, 0.1) is 5.41 Å². The number of benzene rings is 2. The van der Waals surface area contributed by atoms with Gasteiger partial charge in [0.2, 0.25) is 0 Å². The number of piperidine rings is 1. The van der Waals surface area contributed by atoms with Crippen molar-refractivity contribution in [1.29, 1.82) is 0 Å². The highest BCUT2D eigenvalue weighted by Gasteiger charge is 2.57. The Morgan fingerprint density at radius 3 is 2.79 bits per heavy atom. The van der Waals surface area contributed by atoms with Crippen LogP contribution in [-0.4, -0.2) is 38.7 Å².